The van der Waals surface area contributed by atoms with Crippen molar-refractivity contribution in [3.8, 4) is 5.75 Å². The summed E-state index contributed by atoms with van der Waals surface area (Å²) in [5.41, 5.74) is 4.64. The Morgan fingerprint density at radius 1 is 0.926 bits per heavy atom. The van der Waals surface area contributed by atoms with Gasteiger partial charge in [0.15, 0.2) is 0 Å². The zero-order valence-electron chi connectivity index (χ0n) is 15.0. The van der Waals surface area contributed by atoms with Gasteiger partial charge in [-0.05, 0) is 53.6 Å². The Balaban J connectivity index is 1.60. The number of fused-ring (bicyclic) bond motifs is 1. The van der Waals surface area contributed by atoms with E-state index in [2.05, 4.69) is 15.8 Å². The van der Waals surface area contributed by atoms with E-state index in [0.717, 1.165) is 27.6 Å². The van der Waals surface area contributed by atoms with E-state index in [1.807, 2.05) is 55.5 Å². The van der Waals surface area contributed by atoms with Gasteiger partial charge in [-0.3, -0.25) is 9.59 Å². The Labute approximate surface area is 156 Å². The Kier molecular flexibility index (Phi) is 5.47. The van der Waals surface area contributed by atoms with Gasteiger partial charge in [-0.15, -0.1) is 0 Å². The van der Waals surface area contributed by atoms with Gasteiger partial charge in [0.2, 0.25) is 0 Å². The molecule has 2 amide bonds. The van der Waals surface area contributed by atoms with Crippen molar-refractivity contribution in [3.63, 3.8) is 0 Å². The SMILES string of the molecule is COc1ccc2cc(/C=N\NC(=O)C(=O)Nc3ccc(C)cc3)ccc2c1. The van der Waals surface area contributed by atoms with Crippen LogP contribution in [0, 0.1) is 6.92 Å². The van der Waals surface area contributed by atoms with Gasteiger partial charge in [-0.2, -0.15) is 5.10 Å². The normalized spacial score (nSPS) is 10.7. The molecule has 2 N–H and O–H groups in total. The average molecular weight is 361 g/mol. The second-order valence-electron chi connectivity index (χ2n) is 5.99. The number of rotatable bonds is 4. The third-order valence-electron chi connectivity index (χ3n) is 3.97. The molecule has 3 aromatic carbocycles. The van der Waals surface area contributed by atoms with Crippen molar-refractivity contribution in [2.24, 2.45) is 5.10 Å². The highest BCUT2D eigenvalue weighted by atomic mass is 16.5. The first-order valence-corrected chi connectivity index (χ1v) is 8.34. The fraction of sp³-hybridized carbons (Fsp3) is 0.0952. The third-order valence-corrected chi connectivity index (χ3v) is 3.97. The lowest BCUT2D eigenvalue weighted by Gasteiger charge is -2.04. The molecule has 0 aliphatic carbocycles. The number of carbonyl (C=O) groups excluding carboxylic acids is 2. The average Bonchev–Trinajstić information content (AvgIpc) is 2.69. The molecule has 0 saturated carbocycles. The number of aryl methyl sites for hydroxylation is 1. The number of benzene rings is 3. The third kappa shape index (κ3) is 4.70. The van der Waals surface area contributed by atoms with Gasteiger partial charge < -0.3 is 10.1 Å². The van der Waals surface area contributed by atoms with Crippen LogP contribution in [0.1, 0.15) is 11.1 Å². The van der Waals surface area contributed by atoms with Crippen LogP contribution in [-0.2, 0) is 9.59 Å². The molecule has 0 atom stereocenters. The predicted octanol–water partition coefficient (Wildman–Crippen LogP) is 3.25. The molecule has 3 rings (SSSR count). The van der Waals surface area contributed by atoms with Crippen LogP contribution in [0.25, 0.3) is 10.8 Å². The molecule has 0 spiro atoms. The van der Waals surface area contributed by atoms with Crippen LogP contribution >= 0.6 is 0 Å². The highest BCUT2D eigenvalue weighted by Crippen LogP contribution is 2.21. The molecule has 0 aliphatic heterocycles. The molecular formula is C21H19N3O3. The minimum Gasteiger partial charge on any atom is -0.497 e. The Hall–Kier alpha value is -3.67. The van der Waals surface area contributed by atoms with E-state index in [1.165, 1.54) is 6.21 Å². The lowest BCUT2D eigenvalue weighted by atomic mass is 10.1. The molecule has 27 heavy (non-hydrogen) atoms. The molecular weight excluding hydrogens is 342 g/mol. The van der Waals surface area contributed by atoms with E-state index in [9.17, 15) is 9.59 Å². The molecule has 0 radical (unpaired) electrons. The number of hydrogen-bond acceptors (Lipinski definition) is 4. The number of anilines is 1. The molecule has 0 fully saturated rings. The van der Waals surface area contributed by atoms with E-state index >= 15 is 0 Å². The smallest absolute Gasteiger partial charge is 0.329 e. The number of nitrogens with zero attached hydrogens (tertiary/aromatic N) is 1. The predicted molar refractivity (Wildman–Crippen MR) is 106 cm³/mol. The van der Waals surface area contributed by atoms with Crippen molar-refractivity contribution >= 4 is 34.5 Å². The minimum atomic E-state index is -0.836. The summed E-state index contributed by atoms with van der Waals surface area (Å²) in [6.45, 7) is 1.94. The summed E-state index contributed by atoms with van der Waals surface area (Å²) < 4.78 is 5.20. The van der Waals surface area contributed by atoms with Gasteiger partial charge in [0, 0.05) is 5.69 Å². The monoisotopic (exact) mass is 361 g/mol. The van der Waals surface area contributed by atoms with Crippen LogP contribution in [0.15, 0.2) is 65.8 Å². The molecule has 0 saturated heterocycles. The maximum absolute atomic E-state index is 11.9. The van der Waals surface area contributed by atoms with Crippen LogP contribution in [-0.4, -0.2) is 25.1 Å². The Bertz CT molecular complexity index is 1010. The maximum atomic E-state index is 11.9. The van der Waals surface area contributed by atoms with Gasteiger partial charge in [0.25, 0.3) is 0 Å². The second kappa shape index (κ2) is 8.14. The number of hydrazone groups is 1. The molecule has 0 aliphatic rings. The summed E-state index contributed by atoms with van der Waals surface area (Å²) in [5.74, 6) is -0.824. The highest BCUT2D eigenvalue weighted by Gasteiger charge is 2.12. The number of hydrogen-bond donors (Lipinski definition) is 2. The van der Waals surface area contributed by atoms with E-state index in [0.29, 0.717) is 5.69 Å². The van der Waals surface area contributed by atoms with E-state index in [1.54, 1.807) is 19.2 Å². The van der Waals surface area contributed by atoms with Crippen LogP contribution in [0.3, 0.4) is 0 Å². The molecule has 6 nitrogen and oxygen atoms in total. The number of carbonyl (C=O) groups is 2. The highest BCUT2D eigenvalue weighted by molar-refractivity contribution is 6.39. The minimum absolute atomic E-state index is 0.551. The van der Waals surface area contributed by atoms with Crippen molar-refractivity contribution in [2.75, 3.05) is 12.4 Å². The molecule has 0 aromatic heterocycles. The zero-order valence-corrected chi connectivity index (χ0v) is 15.0. The van der Waals surface area contributed by atoms with Crippen LogP contribution in [0.2, 0.25) is 0 Å². The number of ether oxygens (including phenoxy) is 1. The first-order valence-electron chi connectivity index (χ1n) is 8.34. The van der Waals surface area contributed by atoms with E-state index < -0.39 is 11.8 Å². The maximum Gasteiger partial charge on any atom is 0.329 e. The topological polar surface area (TPSA) is 79.8 Å². The van der Waals surface area contributed by atoms with Gasteiger partial charge in [-0.1, -0.05) is 35.9 Å². The number of amides is 2. The summed E-state index contributed by atoms with van der Waals surface area (Å²) in [4.78, 5) is 23.7. The van der Waals surface area contributed by atoms with Crippen LogP contribution < -0.4 is 15.5 Å². The molecule has 0 heterocycles. The van der Waals surface area contributed by atoms with Crippen molar-refractivity contribution in [2.45, 2.75) is 6.92 Å². The lowest BCUT2D eigenvalue weighted by molar-refractivity contribution is -0.136. The van der Waals surface area contributed by atoms with Gasteiger partial charge in [-0.25, -0.2) is 5.43 Å². The van der Waals surface area contributed by atoms with Crippen molar-refractivity contribution in [1.82, 2.24) is 5.43 Å². The van der Waals surface area contributed by atoms with Crippen LogP contribution in [0.4, 0.5) is 5.69 Å². The Morgan fingerprint density at radius 2 is 1.63 bits per heavy atom. The van der Waals surface area contributed by atoms with E-state index in [-0.39, 0.29) is 0 Å². The van der Waals surface area contributed by atoms with Crippen molar-refractivity contribution in [3.05, 3.63) is 71.8 Å². The van der Waals surface area contributed by atoms with Gasteiger partial charge in [0.05, 0.1) is 13.3 Å². The number of nitrogens with one attached hydrogen (secondary N) is 2. The molecule has 3 aromatic rings. The summed E-state index contributed by atoms with van der Waals surface area (Å²) in [6.07, 6.45) is 1.49. The van der Waals surface area contributed by atoms with Crippen molar-refractivity contribution < 1.29 is 14.3 Å². The lowest BCUT2D eigenvalue weighted by Crippen LogP contribution is -2.32. The molecule has 136 valence electrons. The standard InChI is InChI=1S/C21H19N3O3/c1-14-3-8-18(9-4-14)23-20(25)21(26)24-22-13-15-5-6-17-12-19(27-2)10-7-16(17)11-15/h3-13H,1-2H3,(H,23,25)(H,24,26)/b22-13-. The summed E-state index contributed by atoms with van der Waals surface area (Å²) in [6, 6.07) is 18.6. The zero-order chi connectivity index (χ0) is 19.2. The molecule has 0 bridgehead atoms. The second-order valence-corrected chi connectivity index (χ2v) is 5.99. The summed E-state index contributed by atoms with van der Waals surface area (Å²) >= 11 is 0. The van der Waals surface area contributed by atoms with E-state index in [4.69, 9.17) is 4.74 Å². The first kappa shape index (κ1) is 18.1. The largest absolute Gasteiger partial charge is 0.497 e. The molecule has 6 heteroatoms. The summed E-state index contributed by atoms with van der Waals surface area (Å²) in [5, 5.41) is 8.42. The molecule has 0 unspecified atom stereocenters. The fourth-order valence-corrected chi connectivity index (χ4v) is 2.49. The first-order chi connectivity index (χ1) is 13.0. The van der Waals surface area contributed by atoms with Crippen LogP contribution in [0.5, 0.6) is 5.75 Å². The number of methoxy groups -OCH3 is 1. The quantitative estimate of drug-likeness (QED) is 0.425. The van der Waals surface area contributed by atoms with Crippen molar-refractivity contribution in [1.29, 1.82) is 0 Å². The van der Waals surface area contributed by atoms with Gasteiger partial charge in [0.1, 0.15) is 5.75 Å². The summed E-state index contributed by atoms with van der Waals surface area (Å²) in [7, 11) is 1.62. The van der Waals surface area contributed by atoms with Gasteiger partial charge >= 0.3 is 11.8 Å². The Morgan fingerprint density at radius 3 is 2.37 bits per heavy atom. The fourth-order valence-electron chi connectivity index (χ4n) is 2.49.